The van der Waals surface area contributed by atoms with Crippen LogP contribution in [0, 0.1) is 6.07 Å². The molecule has 0 amide bonds. The van der Waals surface area contributed by atoms with Gasteiger partial charge >= 0.3 is 0 Å². The fourth-order valence-electron chi connectivity index (χ4n) is 0.841. The van der Waals surface area contributed by atoms with Crippen LogP contribution in [-0.4, -0.2) is 11.0 Å². The summed E-state index contributed by atoms with van der Waals surface area (Å²) in [4.78, 5) is 4.12. The van der Waals surface area contributed by atoms with E-state index < -0.39 is 0 Å². The Bertz CT molecular complexity index is 204. The van der Waals surface area contributed by atoms with E-state index in [9.17, 15) is 0 Å². The maximum absolute atomic E-state index is 4.12. The van der Waals surface area contributed by atoms with E-state index in [2.05, 4.69) is 16.4 Å². The molecule has 1 heterocycles. The van der Waals surface area contributed by atoms with Gasteiger partial charge in [0.05, 0.1) is 0 Å². The smallest absolute Gasteiger partial charge is 0.126 e. The van der Waals surface area contributed by atoms with Crippen LogP contribution >= 0.6 is 0 Å². The minimum absolute atomic E-state index is 0.684. The lowest BCUT2D eigenvalue weighted by Crippen LogP contribution is -2.01. The number of hydrogen-bond donors (Lipinski definition) is 1. The van der Waals surface area contributed by atoms with Crippen molar-refractivity contribution >= 4 is 5.82 Å². The molecule has 1 saturated carbocycles. The summed E-state index contributed by atoms with van der Waals surface area (Å²) in [6.07, 6.45) is 4.33. The van der Waals surface area contributed by atoms with Crippen LogP contribution in [0.4, 0.5) is 5.82 Å². The van der Waals surface area contributed by atoms with Crippen LogP contribution in [0.2, 0.25) is 0 Å². The molecule has 1 aromatic heterocycles. The second-order valence-electron chi connectivity index (χ2n) is 2.56. The van der Waals surface area contributed by atoms with Crippen molar-refractivity contribution in [1.29, 1.82) is 0 Å². The number of nitrogens with one attached hydrogen (secondary N) is 1. The van der Waals surface area contributed by atoms with Crippen molar-refractivity contribution in [2.45, 2.75) is 18.9 Å². The average molecular weight is 133 g/mol. The first kappa shape index (κ1) is 5.71. The topological polar surface area (TPSA) is 24.9 Å². The number of hydrogen-bond acceptors (Lipinski definition) is 2. The van der Waals surface area contributed by atoms with E-state index in [1.54, 1.807) is 12.3 Å². The van der Waals surface area contributed by atoms with Gasteiger partial charge in [0.1, 0.15) is 5.82 Å². The summed E-state index contributed by atoms with van der Waals surface area (Å²) in [5, 5.41) is 3.27. The van der Waals surface area contributed by atoms with Gasteiger partial charge in [-0.2, -0.15) is 0 Å². The Morgan fingerprint density at radius 3 is 3.10 bits per heavy atom. The molecule has 1 aromatic rings. The van der Waals surface area contributed by atoms with Gasteiger partial charge in [-0.3, -0.25) is 0 Å². The van der Waals surface area contributed by atoms with E-state index in [1.165, 1.54) is 12.8 Å². The number of rotatable bonds is 2. The Morgan fingerprint density at radius 2 is 2.50 bits per heavy atom. The van der Waals surface area contributed by atoms with Crippen LogP contribution in [0.15, 0.2) is 18.3 Å². The van der Waals surface area contributed by atoms with E-state index in [0.717, 1.165) is 5.82 Å². The lowest BCUT2D eigenvalue weighted by atomic mass is 10.4. The predicted molar refractivity (Wildman–Crippen MR) is 39.7 cm³/mol. The first-order valence-electron chi connectivity index (χ1n) is 3.54. The molecule has 0 aromatic carbocycles. The van der Waals surface area contributed by atoms with Gasteiger partial charge in [-0.15, -0.1) is 0 Å². The zero-order valence-corrected chi connectivity index (χ0v) is 5.67. The molecular formula is C8H9N2. The van der Waals surface area contributed by atoms with Gasteiger partial charge in [0.2, 0.25) is 0 Å². The highest BCUT2D eigenvalue weighted by Crippen LogP contribution is 2.22. The molecule has 1 fully saturated rings. The standard InChI is InChI=1S/C8H9N2/c1-2-6-9-8(3-1)10-7-4-5-7/h2-3,6-7H,4-5H2,(H,9,10). The molecule has 0 unspecified atom stereocenters. The van der Waals surface area contributed by atoms with Crippen molar-refractivity contribution in [2.24, 2.45) is 0 Å². The summed E-state index contributed by atoms with van der Waals surface area (Å²) < 4.78 is 0. The van der Waals surface area contributed by atoms with Gasteiger partial charge < -0.3 is 5.32 Å². The zero-order chi connectivity index (χ0) is 6.81. The SMILES string of the molecule is [c]1ccnc(NC2CC2)c1. The van der Waals surface area contributed by atoms with Crippen molar-refractivity contribution in [1.82, 2.24) is 4.98 Å². The lowest BCUT2D eigenvalue weighted by Gasteiger charge is -1.99. The Hall–Kier alpha value is -1.05. The Kier molecular flexibility index (Phi) is 1.31. The van der Waals surface area contributed by atoms with E-state index in [4.69, 9.17) is 0 Å². The minimum Gasteiger partial charge on any atom is -0.367 e. The molecule has 51 valence electrons. The normalized spacial score (nSPS) is 16.8. The van der Waals surface area contributed by atoms with Crippen molar-refractivity contribution < 1.29 is 0 Å². The molecule has 1 aliphatic carbocycles. The first-order chi connectivity index (χ1) is 4.95. The zero-order valence-electron chi connectivity index (χ0n) is 5.67. The summed E-state index contributed by atoms with van der Waals surface area (Å²) in [6, 6.07) is 7.33. The fourth-order valence-corrected chi connectivity index (χ4v) is 0.841. The highest BCUT2D eigenvalue weighted by molar-refractivity contribution is 5.35. The van der Waals surface area contributed by atoms with Gasteiger partial charge in [0, 0.05) is 12.2 Å². The van der Waals surface area contributed by atoms with Crippen LogP contribution in [-0.2, 0) is 0 Å². The van der Waals surface area contributed by atoms with Crippen molar-refractivity contribution in [3.63, 3.8) is 0 Å². The third kappa shape index (κ3) is 1.26. The molecule has 2 nitrogen and oxygen atoms in total. The third-order valence-corrected chi connectivity index (χ3v) is 1.53. The van der Waals surface area contributed by atoms with Crippen LogP contribution in [0.5, 0.6) is 0 Å². The van der Waals surface area contributed by atoms with E-state index in [-0.39, 0.29) is 0 Å². The summed E-state index contributed by atoms with van der Waals surface area (Å²) in [7, 11) is 0. The molecule has 10 heavy (non-hydrogen) atoms. The number of nitrogens with zero attached hydrogens (tertiary/aromatic N) is 1. The van der Waals surface area contributed by atoms with E-state index >= 15 is 0 Å². The second-order valence-corrected chi connectivity index (χ2v) is 2.56. The van der Waals surface area contributed by atoms with Crippen LogP contribution in [0.25, 0.3) is 0 Å². The molecule has 0 spiro atoms. The summed E-state index contributed by atoms with van der Waals surface area (Å²) in [5.74, 6) is 0.949. The minimum atomic E-state index is 0.684. The Labute approximate surface area is 60.3 Å². The summed E-state index contributed by atoms with van der Waals surface area (Å²) in [5.41, 5.74) is 0. The van der Waals surface area contributed by atoms with Crippen molar-refractivity contribution in [3.8, 4) is 0 Å². The van der Waals surface area contributed by atoms with E-state index in [0.29, 0.717) is 6.04 Å². The quantitative estimate of drug-likeness (QED) is 0.660. The molecule has 1 aliphatic rings. The maximum Gasteiger partial charge on any atom is 0.126 e. The van der Waals surface area contributed by atoms with Gasteiger partial charge in [0.15, 0.2) is 0 Å². The summed E-state index contributed by atoms with van der Waals surface area (Å²) >= 11 is 0. The molecule has 2 heteroatoms. The Balaban J connectivity index is 2.03. The predicted octanol–water partition coefficient (Wildman–Crippen LogP) is 1.46. The number of pyridine rings is 1. The average Bonchev–Trinajstić information content (AvgIpc) is 2.74. The van der Waals surface area contributed by atoms with Crippen LogP contribution in [0.1, 0.15) is 12.8 Å². The molecule has 0 saturated heterocycles. The molecular weight excluding hydrogens is 124 g/mol. The first-order valence-corrected chi connectivity index (χ1v) is 3.54. The highest BCUT2D eigenvalue weighted by Gasteiger charge is 2.20. The molecule has 1 N–H and O–H groups in total. The molecule has 1 radical (unpaired) electrons. The molecule has 2 rings (SSSR count). The maximum atomic E-state index is 4.12. The lowest BCUT2D eigenvalue weighted by molar-refractivity contribution is 1.11. The third-order valence-electron chi connectivity index (χ3n) is 1.53. The second kappa shape index (κ2) is 2.29. The van der Waals surface area contributed by atoms with Gasteiger partial charge in [0.25, 0.3) is 0 Å². The Morgan fingerprint density at radius 1 is 1.60 bits per heavy atom. The van der Waals surface area contributed by atoms with Crippen molar-refractivity contribution in [3.05, 3.63) is 24.4 Å². The van der Waals surface area contributed by atoms with Crippen LogP contribution < -0.4 is 5.32 Å². The van der Waals surface area contributed by atoms with Crippen LogP contribution in [0.3, 0.4) is 0 Å². The van der Waals surface area contributed by atoms with E-state index in [1.807, 2.05) is 6.07 Å². The van der Waals surface area contributed by atoms with Gasteiger partial charge in [-0.1, -0.05) is 0 Å². The largest absolute Gasteiger partial charge is 0.367 e. The van der Waals surface area contributed by atoms with Gasteiger partial charge in [-0.25, -0.2) is 4.98 Å². The molecule has 0 aliphatic heterocycles. The number of aromatic nitrogens is 1. The molecule has 0 atom stereocenters. The highest BCUT2D eigenvalue weighted by atomic mass is 15.0. The monoisotopic (exact) mass is 133 g/mol. The van der Waals surface area contributed by atoms with Gasteiger partial charge in [-0.05, 0) is 31.0 Å². The summed E-state index contributed by atoms with van der Waals surface area (Å²) in [6.45, 7) is 0. The molecule has 0 bridgehead atoms. The fraction of sp³-hybridized carbons (Fsp3) is 0.375. The van der Waals surface area contributed by atoms with Crippen molar-refractivity contribution in [2.75, 3.05) is 5.32 Å². The number of anilines is 1.